The lowest BCUT2D eigenvalue weighted by Crippen LogP contribution is -2.49. The first-order valence-electron chi connectivity index (χ1n) is 11.6. The second kappa shape index (κ2) is 8.68. The van der Waals surface area contributed by atoms with Crippen LogP contribution in [0.3, 0.4) is 0 Å². The molecule has 9 heteroatoms. The maximum atomic E-state index is 12.4. The summed E-state index contributed by atoms with van der Waals surface area (Å²) in [5.74, 6) is 0.0291. The molecule has 2 aliphatic rings. The fourth-order valence-electron chi connectivity index (χ4n) is 4.49. The van der Waals surface area contributed by atoms with Gasteiger partial charge in [-0.3, -0.25) is 15.0 Å². The van der Waals surface area contributed by atoms with Crippen LogP contribution in [-0.2, 0) is 9.53 Å². The average molecular weight is 456 g/mol. The van der Waals surface area contributed by atoms with Crippen LogP contribution in [0.15, 0.2) is 18.5 Å². The molecule has 4 rings (SSSR count). The molecule has 0 bridgehead atoms. The van der Waals surface area contributed by atoms with Crippen molar-refractivity contribution in [2.24, 2.45) is 0 Å². The van der Waals surface area contributed by atoms with Gasteiger partial charge in [-0.05, 0) is 51.2 Å². The maximum absolute atomic E-state index is 12.4. The normalized spacial score (nSPS) is 18.2. The highest BCUT2D eigenvalue weighted by atomic mass is 16.6. The third-order valence-electron chi connectivity index (χ3n) is 6.18. The van der Waals surface area contributed by atoms with Crippen LogP contribution in [0.25, 0.3) is 11.0 Å². The molecular formula is C24H33N5O4. The van der Waals surface area contributed by atoms with E-state index in [1.54, 1.807) is 16.0 Å². The number of imide groups is 1. The van der Waals surface area contributed by atoms with E-state index in [2.05, 4.69) is 29.9 Å². The van der Waals surface area contributed by atoms with E-state index in [9.17, 15) is 14.4 Å². The summed E-state index contributed by atoms with van der Waals surface area (Å²) in [4.78, 5) is 44.3. The van der Waals surface area contributed by atoms with E-state index >= 15 is 0 Å². The minimum Gasteiger partial charge on any atom is -0.444 e. The Morgan fingerprint density at radius 2 is 1.88 bits per heavy atom. The van der Waals surface area contributed by atoms with E-state index in [4.69, 9.17) is 9.72 Å². The molecule has 4 heterocycles. The number of piperidine rings is 1. The highest BCUT2D eigenvalue weighted by molar-refractivity contribution is 6.06. The third kappa shape index (κ3) is 4.82. The molecule has 0 atom stereocenters. The second-order valence-corrected chi connectivity index (χ2v) is 10.2. The van der Waals surface area contributed by atoms with Crippen LogP contribution < -0.4 is 10.2 Å². The van der Waals surface area contributed by atoms with Gasteiger partial charge >= 0.3 is 12.1 Å². The number of hydrogen-bond donors (Lipinski definition) is 1. The number of anilines is 1. The summed E-state index contributed by atoms with van der Waals surface area (Å²) >= 11 is 0. The minimum absolute atomic E-state index is 0.230. The van der Waals surface area contributed by atoms with Gasteiger partial charge in [-0.2, -0.15) is 0 Å². The fraction of sp³-hybridized carbons (Fsp3) is 0.583. The smallest absolute Gasteiger partial charge is 0.410 e. The number of nitrogens with zero attached hydrogens (tertiary/aromatic N) is 4. The van der Waals surface area contributed by atoms with E-state index in [0.29, 0.717) is 25.3 Å². The lowest BCUT2D eigenvalue weighted by Gasteiger charge is -2.34. The van der Waals surface area contributed by atoms with E-state index in [0.717, 1.165) is 23.9 Å². The monoisotopic (exact) mass is 455 g/mol. The van der Waals surface area contributed by atoms with Gasteiger partial charge in [0.15, 0.2) is 0 Å². The van der Waals surface area contributed by atoms with Crippen molar-refractivity contribution >= 4 is 34.8 Å². The summed E-state index contributed by atoms with van der Waals surface area (Å²) in [5.41, 5.74) is 2.23. The molecule has 4 amide bonds. The molecule has 0 unspecified atom stereocenters. The molecule has 33 heavy (non-hydrogen) atoms. The number of carbonyl (C=O) groups excluding carboxylic acids is 3. The molecule has 0 radical (unpaired) electrons. The number of carbonyl (C=O) groups is 3. The van der Waals surface area contributed by atoms with Crippen molar-refractivity contribution in [3.63, 3.8) is 0 Å². The minimum atomic E-state index is -0.503. The van der Waals surface area contributed by atoms with Crippen molar-refractivity contribution in [1.29, 1.82) is 0 Å². The highest BCUT2D eigenvalue weighted by Gasteiger charge is 2.30. The van der Waals surface area contributed by atoms with Crippen molar-refractivity contribution in [1.82, 2.24) is 19.8 Å². The lowest BCUT2D eigenvalue weighted by molar-refractivity contribution is -0.120. The standard InChI is InChI=1S/C24H33N5O4/c1-15(2)19-14-29(16-6-9-27(10-7-16)23(32)33-24(3,4)5)21-18(19)12-17(13-25-21)28-11-8-20(30)26-22(28)31/h12-16H,6-11H2,1-5H3,(H,26,30,31). The number of likely N-dealkylation sites (tertiary alicyclic amines) is 1. The van der Waals surface area contributed by atoms with Crippen LogP contribution in [0.4, 0.5) is 15.3 Å². The van der Waals surface area contributed by atoms with Gasteiger partial charge in [0.05, 0.1) is 11.9 Å². The number of aromatic nitrogens is 2. The summed E-state index contributed by atoms with van der Waals surface area (Å²) in [6.07, 6.45) is 5.52. The van der Waals surface area contributed by atoms with E-state index in [1.807, 2.05) is 26.8 Å². The molecular weight excluding hydrogens is 422 g/mol. The number of pyridine rings is 1. The van der Waals surface area contributed by atoms with Crippen LogP contribution in [-0.4, -0.2) is 57.7 Å². The quantitative estimate of drug-likeness (QED) is 0.749. The predicted octanol–water partition coefficient (Wildman–Crippen LogP) is 4.18. The average Bonchev–Trinajstić information content (AvgIpc) is 3.12. The first-order chi connectivity index (χ1) is 15.5. The van der Waals surface area contributed by atoms with Crippen molar-refractivity contribution in [2.75, 3.05) is 24.5 Å². The molecule has 0 spiro atoms. The molecule has 2 fully saturated rings. The van der Waals surface area contributed by atoms with Crippen LogP contribution >= 0.6 is 0 Å². The van der Waals surface area contributed by atoms with E-state index in [1.165, 1.54) is 5.56 Å². The number of amides is 4. The first-order valence-corrected chi connectivity index (χ1v) is 11.6. The number of nitrogens with one attached hydrogen (secondary N) is 1. The Hall–Kier alpha value is -3.10. The zero-order valence-electron chi connectivity index (χ0n) is 20.1. The van der Waals surface area contributed by atoms with E-state index in [-0.39, 0.29) is 30.4 Å². The van der Waals surface area contributed by atoms with Crippen LogP contribution in [0.1, 0.15) is 71.4 Å². The topological polar surface area (TPSA) is 96.8 Å². The largest absolute Gasteiger partial charge is 0.444 e. The van der Waals surface area contributed by atoms with Gasteiger partial charge in [-0.25, -0.2) is 14.6 Å². The Morgan fingerprint density at radius 3 is 2.48 bits per heavy atom. The lowest BCUT2D eigenvalue weighted by atomic mass is 10.0. The molecule has 2 saturated heterocycles. The molecule has 0 aromatic carbocycles. The molecule has 0 aliphatic carbocycles. The Balaban J connectivity index is 1.57. The first kappa shape index (κ1) is 23.1. The zero-order chi connectivity index (χ0) is 23.9. The third-order valence-corrected chi connectivity index (χ3v) is 6.18. The Labute approximate surface area is 194 Å². The molecule has 178 valence electrons. The molecule has 1 N–H and O–H groups in total. The number of ether oxygens (including phenoxy) is 1. The van der Waals surface area contributed by atoms with Gasteiger partial charge < -0.3 is 14.2 Å². The van der Waals surface area contributed by atoms with Gasteiger partial charge in [0.1, 0.15) is 11.2 Å². The van der Waals surface area contributed by atoms with Crippen LogP contribution in [0, 0.1) is 0 Å². The number of rotatable bonds is 3. The molecule has 0 saturated carbocycles. The summed E-state index contributed by atoms with van der Waals surface area (Å²) < 4.78 is 7.74. The van der Waals surface area contributed by atoms with Gasteiger partial charge in [0, 0.05) is 43.7 Å². The van der Waals surface area contributed by atoms with Gasteiger partial charge in [-0.15, -0.1) is 0 Å². The summed E-state index contributed by atoms with van der Waals surface area (Å²) in [7, 11) is 0. The summed E-state index contributed by atoms with van der Waals surface area (Å²) in [6, 6.07) is 1.82. The molecule has 9 nitrogen and oxygen atoms in total. The highest BCUT2D eigenvalue weighted by Crippen LogP contribution is 2.34. The van der Waals surface area contributed by atoms with Crippen molar-refractivity contribution in [3.05, 3.63) is 24.0 Å². The zero-order valence-corrected chi connectivity index (χ0v) is 20.1. The van der Waals surface area contributed by atoms with Gasteiger partial charge in [-0.1, -0.05) is 13.8 Å². The predicted molar refractivity (Wildman–Crippen MR) is 125 cm³/mol. The second-order valence-electron chi connectivity index (χ2n) is 10.2. The summed E-state index contributed by atoms with van der Waals surface area (Å²) in [5, 5.41) is 3.39. The van der Waals surface area contributed by atoms with Crippen molar-refractivity contribution in [2.45, 2.75) is 71.4 Å². The fourth-order valence-corrected chi connectivity index (χ4v) is 4.49. The van der Waals surface area contributed by atoms with Crippen molar-refractivity contribution in [3.8, 4) is 0 Å². The van der Waals surface area contributed by atoms with Gasteiger partial charge in [0.25, 0.3) is 0 Å². The summed E-state index contributed by atoms with van der Waals surface area (Å²) in [6.45, 7) is 11.5. The Bertz CT molecular complexity index is 1080. The molecule has 2 aromatic heterocycles. The van der Waals surface area contributed by atoms with Crippen molar-refractivity contribution < 1.29 is 19.1 Å². The number of fused-ring (bicyclic) bond motifs is 1. The Morgan fingerprint density at radius 1 is 1.18 bits per heavy atom. The Kier molecular flexibility index (Phi) is 6.07. The van der Waals surface area contributed by atoms with E-state index < -0.39 is 11.6 Å². The molecule has 2 aromatic rings. The number of hydrogen-bond acceptors (Lipinski definition) is 5. The van der Waals surface area contributed by atoms with Crippen LogP contribution in [0.2, 0.25) is 0 Å². The van der Waals surface area contributed by atoms with Gasteiger partial charge in [0.2, 0.25) is 5.91 Å². The SMILES string of the molecule is CC(C)c1cn(C2CCN(C(=O)OC(C)(C)C)CC2)c2ncc(N3CCC(=O)NC3=O)cc12. The molecule has 2 aliphatic heterocycles. The van der Waals surface area contributed by atoms with Crippen LogP contribution in [0.5, 0.6) is 0 Å². The maximum Gasteiger partial charge on any atom is 0.410 e. The number of urea groups is 1.